The standard InChI is InChI=1S/C16H21BO4/c1-15(2)16(3,4)21-17(20-15)13-9-7-6-8-12(13)10-11-14(18)19-5/h6-11H,1-5H3/b11-10-. The largest absolute Gasteiger partial charge is 0.495 e. The third-order valence-corrected chi connectivity index (χ3v) is 4.10. The predicted octanol–water partition coefficient (Wildman–Crippen LogP) is 2.17. The first-order chi connectivity index (χ1) is 9.77. The van der Waals surface area contributed by atoms with Crippen LogP contribution in [0.2, 0.25) is 0 Å². The molecule has 1 heterocycles. The van der Waals surface area contributed by atoms with Gasteiger partial charge in [-0.1, -0.05) is 24.3 Å². The lowest BCUT2D eigenvalue weighted by Gasteiger charge is -2.32. The summed E-state index contributed by atoms with van der Waals surface area (Å²) >= 11 is 0. The number of rotatable bonds is 3. The fourth-order valence-corrected chi connectivity index (χ4v) is 2.07. The molecule has 1 fully saturated rings. The zero-order chi connectivity index (χ0) is 15.7. The molecule has 21 heavy (non-hydrogen) atoms. The number of carbonyl (C=O) groups excluding carboxylic acids is 1. The summed E-state index contributed by atoms with van der Waals surface area (Å²) in [6.07, 6.45) is 3.11. The Morgan fingerprint density at radius 3 is 2.29 bits per heavy atom. The van der Waals surface area contributed by atoms with Gasteiger partial charge in [-0.3, -0.25) is 0 Å². The summed E-state index contributed by atoms with van der Waals surface area (Å²) < 4.78 is 16.7. The van der Waals surface area contributed by atoms with Crippen molar-refractivity contribution >= 4 is 24.6 Å². The summed E-state index contributed by atoms with van der Waals surface area (Å²) in [7, 11) is 0.904. The van der Waals surface area contributed by atoms with E-state index in [2.05, 4.69) is 4.74 Å². The van der Waals surface area contributed by atoms with Crippen molar-refractivity contribution in [1.82, 2.24) is 0 Å². The van der Waals surface area contributed by atoms with E-state index in [1.54, 1.807) is 6.08 Å². The third-order valence-electron chi connectivity index (χ3n) is 4.10. The van der Waals surface area contributed by atoms with Crippen LogP contribution in [-0.2, 0) is 18.8 Å². The Morgan fingerprint density at radius 2 is 1.71 bits per heavy atom. The van der Waals surface area contributed by atoms with Gasteiger partial charge in [-0.05, 0) is 44.8 Å². The molecule has 1 aromatic carbocycles. The maximum absolute atomic E-state index is 11.3. The molecule has 1 aliphatic heterocycles. The quantitative estimate of drug-likeness (QED) is 0.486. The number of esters is 1. The lowest BCUT2D eigenvalue weighted by Crippen LogP contribution is -2.41. The summed E-state index contributed by atoms with van der Waals surface area (Å²) in [5.74, 6) is -0.390. The molecule has 112 valence electrons. The maximum atomic E-state index is 11.3. The maximum Gasteiger partial charge on any atom is 0.495 e. The second kappa shape index (κ2) is 5.66. The number of ether oxygens (including phenoxy) is 1. The van der Waals surface area contributed by atoms with Gasteiger partial charge in [0.25, 0.3) is 0 Å². The Kier molecular flexibility index (Phi) is 4.26. The molecule has 0 aromatic heterocycles. The van der Waals surface area contributed by atoms with Gasteiger partial charge in [-0.15, -0.1) is 0 Å². The molecular formula is C16H21BO4. The Balaban J connectivity index is 2.30. The van der Waals surface area contributed by atoms with Gasteiger partial charge >= 0.3 is 13.1 Å². The van der Waals surface area contributed by atoms with E-state index in [0.29, 0.717) is 0 Å². The van der Waals surface area contributed by atoms with Gasteiger partial charge in [0.1, 0.15) is 0 Å². The number of benzene rings is 1. The van der Waals surface area contributed by atoms with Crippen molar-refractivity contribution in [2.75, 3.05) is 7.11 Å². The van der Waals surface area contributed by atoms with Crippen LogP contribution in [0.3, 0.4) is 0 Å². The summed E-state index contributed by atoms with van der Waals surface area (Å²) in [6.45, 7) is 8.06. The average Bonchev–Trinajstić information content (AvgIpc) is 2.65. The second-order valence-electron chi connectivity index (χ2n) is 6.07. The highest BCUT2D eigenvalue weighted by Crippen LogP contribution is 2.36. The molecule has 0 N–H and O–H groups in total. The zero-order valence-corrected chi connectivity index (χ0v) is 13.2. The minimum absolute atomic E-state index is 0.390. The van der Waals surface area contributed by atoms with E-state index >= 15 is 0 Å². The smallest absolute Gasteiger partial charge is 0.466 e. The number of hydrogen-bond donors (Lipinski definition) is 0. The van der Waals surface area contributed by atoms with Crippen molar-refractivity contribution in [2.24, 2.45) is 0 Å². The van der Waals surface area contributed by atoms with Crippen molar-refractivity contribution in [3.8, 4) is 0 Å². The SMILES string of the molecule is COC(=O)/C=C\c1ccccc1B1OC(C)(C)C(C)(C)O1. The molecule has 0 amide bonds. The van der Waals surface area contributed by atoms with E-state index < -0.39 is 24.3 Å². The van der Waals surface area contributed by atoms with Crippen LogP contribution in [0, 0.1) is 0 Å². The van der Waals surface area contributed by atoms with Gasteiger partial charge in [0, 0.05) is 6.08 Å². The van der Waals surface area contributed by atoms with Crippen molar-refractivity contribution in [3.05, 3.63) is 35.9 Å². The molecular weight excluding hydrogens is 267 g/mol. The molecule has 0 saturated carbocycles. The molecule has 0 unspecified atom stereocenters. The molecule has 1 saturated heterocycles. The summed E-state index contributed by atoms with van der Waals surface area (Å²) in [5.41, 5.74) is 0.992. The van der Waals surface area contributed by atoms with Crippen LogP contribution in [0.25, 0.3) is 6.08 Å². The summed E-state index contributed by atoms with van der Waals surface area (Å²) in [6, 6.07) is 7.69. The third kappa shape index (κ3) is 3.19. The van der Waals surface area contributed by atoms with Crippen molar-refractivity contribution in [2.45, 2.75) is 38.9 Å². The lowest BCUT2D eigenvalue weighted by molar-refractivity contribution is -0.134. The zero-order valence-electron chi connectivity index (χ0n) is 13.2. The highest BCUT2D eigenvalue weighted by atomic mass is 16.7. The van der Waals surface area contributed by atoms with E-state index in [-0.39, 0.29) is 0 Å². The normalized spacial score (nSPS) is 20.0. The van der Waals surface area contributed by atoms with Gasteiger partial charge in [0.05, 0.1) is 18.3 Å². The fourth-order valence-electron chi connectivity index (χ4n) is 2.07. The topological polar surface area (TPSA) is 44.8 Å². The Labute approximate surface area is 126 Å². The monoisotopic (exact) mass is 288 g/mol. The molecule has 0 aliphatic carbocycles. The minimum Gasteiger partial charge on any atom is -0.466 e. The molecule has 0 radical (unpaired) electrons. The van der Waals surface area contributed by atoms with Gasteiger partial charge in [-0.2, -0.15) is 0 Å². The molecule has 0 spiro atoms. The molecule has 0 atom stereocenters. The van der Waals surface area contributed by atoms with Crippen molar-refractivity contribution < 1.29 is 18.8 Å². The lowest BCUT2D eigenvalue weighted by atomic mass is 9.76. The Hall–Kier alpha value is -1.59. The second-order valence-corrected chi connectivity index (χ2v) is 6.07. The first kappa shape index (κ1) is 15.8. The molecule has 1 aliphatic rings. The van der Waals surface area contributed by atoms with Gasteiger partial charge in [-0.25, -0.2) is 4.79 Å². The van der Waals surface area contributed by atoms with Crippen LogP contribution in [-0.4, -0.2) is 31.4 Å². The molecule has 1 aromatic rings. The van der Waals surface area contributed by atoms with Crippen molar-refractivity contribution in [1.29, 1.82) is 0 Å². The summed E-state index contributed by atoms with van der Waals surface area (Å²) in [5, 5.41) is 0. The van der Waals surface area contributed by atoms with Gasteiger partial charge in [0.15, 0.2) is 0 Å². The minimum atomic E-state index is -0.450. The molecule has 2 rings (SSSR count). The molecule has 4 nitrogen and oxygen atoms in total. The Morgan fingerprint density at radius 1 is 1.14 bits per heavy atom. The van der Waals surface area contributed by atoms with Gasteiger partial charge in [0.2, 0.25) is 0 Å². The van der Waals surface area contributed by atoms with Crippen LogP contribution in [0.4, 0.5) is 0 Å². The average molecular weight is 288 g/mol. The van der Waals surface area contributed by atoms with E-state index in [1.807, 2.05) is 52.0 Å². The summed E-state index contributed by atoms with van der Waals surface area (Å²) in [4.78, 5) is 11.3. The van der Waals surface area contributed by atoms with Gasteiger partial charge < -0.3 is 14.0 Å². The van der Waals surface area contributed by atoms with Crippen LogP contribution in [0.5, 0.6) is 0 Å². The van der Waals surface area contributed by atoms with Crippen LogP contribution in [0.15, 0.2) is 30.3 Å². The number of carbonyl (C=O) groups is 1. The highest BCUT2D eigenvalue weighted by Gasteiger charge is 2.52. The number of hydrogen-bond acceptors (Lipinski definition) is 4. The first-order valence-electron chi connectivity index (χ1n) is 6.97. The van der Waals surface area contributed by atoms with Crippen LogP contribution >= 0.6 is 0 Å². The molecule has 5 heteroatoms. The Bertz CT molecular complexity index is 547. The predicted molar refractivity (Wildman–Crippen MR) is 83.2 cm³/mol. The van der Waals surface area contributed by atoms with E-state index in [4.69, 9.17) is 9.31 Å². The van der Waals surface area contributed by atoms with Crippen LogP contribution in [0.1, 0.15) is 33.3 Å². The first-order valence-corrected chi connectivity index (χ1v) is 6.97. The van der Waals surface area contributed by atoms with E-state index in [1.165, 1.54) is 13.2 Å². The number of methoxy groups -OCH3 is 1. The van der Waals surface area contributed by atoms with Crippen molar-refractivity contribution in [3.63, 3.8) is 0 Å². The highest BCUT2D eigenvalue weighted by molar-refractivity contribution is 6.63. The van der Waals surface area contributed by atoms with Crippen LogP contribution < -0.4 is 5.46 Å². The van der Waals surface area contributed by atoms with E-state index in [0.717, 1.165) is 11.0 Å². The fraction of sp³-hybridized carbons (Fsp3) is 0.438. The molecule has 0 bridgehead atoms. The van der Waals surface area contributed by atoms with E-state index in [9.17, 15) is 4.79 Å².